The van der Waals surface area contributed by atoms with E-state index in [1.165, 1.54) is 36.2 Å². The Labute approximate surface area is 237 Å². The number of carbonyl (C=O) groups is 3. The van der Waals surface area contributed by atoms with Gasteiger partial charge in [0.25, 0.3) is 0 Å². The first kappa shape index (κ1) is 27.4. The zero-order chi connectivity index (χ0) is 29.7. The number of nitrogens with one attached hydrogen (secondary N) is 1. The number of anilines is 2. The predicted molar refractivity (Wildman–Crippen MR) is 145 cm³/mol. The molecule has 2 saturated heterocycles. The Morgan fingerprint density at radius 1 is 1.14 bits per heavy atom. The highest BCUT2D eigenvalue weighted by Gasteiger charge is 2.34. The number of nitrogens with zero attached hydrogens (tertiary/aromatic N) is 4. The summed E-state index contributed by atoms with van der Waals surface area (Å²) < 4.78 is 42.4. The Morgan fingerprint density at radius 3 is 2.57 bits per heavy atom. The Morgan fingerprint density at radius 2 is 1.90 bits per heavy atom. The summed E-state index contributed by atoms with van der Waals surface area (Å²) in [6.07, 6.45) is 1.72. The molecule has 42 heavy (non-hydrogen) atoms. The zero-order valence-corrected chi connectivity index (χ0v) is 22.5. The molecule has 2 N–H and O–H groups in total. The molecule has 1 aromatic carbocycles. The molecule has 0 radical (unpaired) electrons. The highest BCUT2D eigenvalue weighted by Crippen LogP contribution is 2.38. The number of carbonyl (C=O) groups excluding carboxylic acids is 2. The molecule has 1 aliphatic carbocycles. The number of ether oxygens (including phenoxy) is 2. The van der Waals surface area contributed by atoms with Gasteiger partial charge in [0.15, 0.2) is 23.2 Å². The SMILES string of the molecule is CC(=O)NC[C@H]1CN(c2ccc(OCC3CN(c4nc5c(cc4F)c(=O)c(C(=O)O)cn5C4CC4)C3)c(F)c2)C(=O)O1. The van der Waals surface area contributed by atoms with Crippen LogP contribution in [0.1, 0.15) is 36.2 Å². The quantitative estimate of drug-likeness (QED) is 0.389. The molecule has 12 nitrogen and oxygen atoms in total. The minimum absolute atomic E-state index is 0.00254. The third-order valence-electron chi connectivity index (χ3n) is 7.52. The van der Waals surface area contributed by atoms with Crippen molar-refractivity contribution >= 4 is 40.5 Å². The van der Waals surface area contributed by atoms with Gasteiger partial charge in [-0.05, 0) is 31.0 Å². The lowest BCUT2D eigenvalue weighted by molar-refractivity contribution is -0.119. The molecule has 0 bridgehead atoms. The number of hydrogen-bond donors (Lipinski definition) is 2. The molecule has 14 heteroatoms. The summed E-state index contributed by atoms with van der Waals surface area (Å²) in [5.41, 5.74) is -0.657. The fourth-order valence-corrected chi connectivity index (χ4v) is 5.17. The van der Waals surface area contributed by atoms with Gasteiger partial charge in [-0.2, -0.15) is 0 Å². The molecule has 1 saturated carbocycles. The molecule has 3 fully saturated rings. The van der Waals surface area contributed by atoms with Crippen molar-refractivity contribution in [1.29, 1.82) is 0 Å². The van der Waals surface area contributed by atoms with Crippen LogP contribution < -0.4 is 25.3 Å². The average molecular weight is 584 g/mol. The lowest BCUT2D eigenvalue weighted by Crippen LogP contribution is -2.50. The van der Waals surface area contributed by atoms with E-state index in [1.54, 1.807) is 9.47 Å². The van der Waals surface area contributed by atoms with Gasteiger partial charge >= 0.3 is 12.1 Å². The third kappa shape index (κ3) is 5.19. The maximum atomic E-state index is 15.0. The fourth-order valence-electron chi connectivity index (χ4n) is 5.17. The van der Waals surface area contributed by atoms with Crippen LogP contribution >= 0.6 is 0 Å². The second-order valence-corrected chi connectivity index (χ2v) is 10.7. The summed E-state index contributed by atoms with van der Waals surface area (Å²) >= 11 is 0. The number of pyridine rings is 2. The van der Waals surface area contributed by atoms with E-state index in [9.17, 15) is 28.7 Å². The summed E-state index contributed by atoms with van der Waals surface area (Å²) in [4.78, 5) is 54.9. The van der Waals surface area contributed by atoms with E-state index in [2.05, 4.69) is 10.3 Å². The molecule has 3 aliphatic rings. The topological polar surface area (TPSA) is 143 Å². The van der Waals surface area contributed by atoms with E-state index < -0.39 is 40.8 Å². The number of rotatable bonds is 9. The molecule has 2 aromatic heterocycles. The van der Waals surface area contributed by atoms with Crippen LogP contribution in [-0.2, 0) is 9.53 Å². The van der Waals surface area contributed by atoms with Crippen LogP contribution in [0.2, 0.25) is 0 Å². The van der Waals surface area contributed by atoms with Crippen LogP contribution in [0, 0.1) is 17.6 Å². The summed E-state index contributed by atoms with van der Waals surface area (Å²) in [6.45, 7) is 2.59. The Hall–Kier alpha value is -4.75. The van der Waals surface area contributed by atoms with Crippen LogP contribution in [0.5, 0.6) is 5.75 Å². The van der Waals surface area contributed by atoms with Crippen LogP contribution in [0.4, 0.5) is 25.1 Å². The highest BCUT2D eigenvalue weighted by atomic mass is 19.1. The average Bonchev–Trinajstić information content (AvgIpc) is 3.69. The number of halogens is 2. The van der Waals surface area contributed by atoms with Crippen molar-refractivity contribution < 1.29 is 37.7 Å². The van der Waals surface area contributed by atoms with Crippen LogP contribution in [0.15, 0.2) is 35.3 Å². The number of benzene rings is 1. The molecule has 1 atom stereocenters. The number of cyclic esters (lactones) is 1. The standard InChI is InChI=1S/C28H27F2N5O7/c1-14(36)31-8-18-11-35(28(40)42-18)17-4-5-23(21(29)6-17)41-13-15-9-33(10-15)26-22(30)7-19-24(37)20(27(38)39)12-34(16-2-3-16)25(19)32-26/h4-7,12,15-16,18H,2-3,8-11,13H2,1H3,(H,31,36)(H,38,39)/t18-/m0/s1. The Balaban J connectivity index is 1.09. The Bertz CT molecular complexity index is 1670. The van der Waals surface area contributed by atoms with E-state index in [1.807, 2.05) is 0 Å². The van der Waals surface area contributed by atoms with E-state index in [-0.39, 0.29) is 60.2 Å². The van der Waals surface area contributed by atoms with Crippen molar-refractivity contribution in [3.8, 4) is 5.75 Å². The second kappa shape index (κ2) is 10.6. The highest BCUT2D eigenvalue weighted by molar-refractivity contribution is 5.92. The van der Waals surface area contributed by atoms with Gasteiger partial charge in [0.1, 0.15) is 17.3 Å². The van der Waals surface area contributed by atoms with Gasteiger partial charge < -0.3 is 29.4 Å². The number of hydrogen-bond acceptors (Lipinski definition) is 8. The van der Waals surface area contributed by atoms with E-state index in [4.69, 9.17) is 9.47 Å². The van der Waals surface area contributed by atoms with Crippen LogP contribution in [-0.4, -0.2) is 71.5 Å². The van der Waals surface area contributed by atoms with Gasteiger partial charge in [-0.25, -0.2) is 23.4 Å². The minimum atomic E-state index is -1.37. The number of aromatic carboxylic acids is 1. The number of carboxylic acid groups (broad SMARTS) is 1. The van der Waals surface area contributed by atoms with Crippen molar-refractivity contribution in [3.63, 3.8) is 0 Å². The normalized spacial score (nSPS) is 18.6. The van der Waals surface area contributed by atoms with Gasteiger partial charge in [-0.3, -0.25) is 14.5 Å². The van der Waals surface area contributed by atoms with Crippen molar-refractivity contribution in [2.75, 3.05) is 42.6 Å². The van der Waals surface area contributed by atoms with Crippen molar-refractivity contribution in [3.05, 3.63) is 57.9 Å². The number of carboxylic acids is 1. The van der Waals surface area contributed by atoms with Gasteiger partial charge in [0.05, 0.1) is 30.8 Å². The van der Waals surface area contributed by atoms with Crippen molar-refractivity contribution in [2.24, 2.45) is 5.92 Å². The Kier molecular flexibility index (Phi) is 6.91. The monoisotopic (exact) mass is 583 g/mol. The summed E-state index contributed by atoms with van der Waals surface area (Å²) in [7, 11) is 0. The third-order valence-corrected chi connectivity index (χ3v) is 7.52. The molecular formula is C28H27F2N5O7. The lowest BCUT2D eigenvalue weighted by Gasteiger charge is -2.40. The van der Waals surface area contributed by atoms with E-state index in [0.29, 0.717) is 18.8 Å². The smallest absolute Gasteiger partial charge is 0.414 e. The van der Waals surface area contributed by atoms with E-state index >= 15 is 4.39 Å². The molecule has 3 aromatic rings. The molecule has 6 rings (SSSR count). The van der Waals surface area contributed by atoms with Crippen molar-refractivity contribution in [1.82, 2.24) is 14.9 Å². The van der Waals surface area contributed by atoms with Gasteiger partial charge in [0, 0.05) is 44.2 Å². The van der Waals surface area contributed by atoms with Gasteiger partial charge in [-0.1, -0.05) is 0 Å². The minimum Gasteiger partial charge on any atom is -0.490 e. The summed E-state index contributed by atoms with van der Waals surface area (Å²) in [6, 6.07) is 5.19. The first-order valence-electron chi connectivity index (χ1n) is 13.5. The van der Waals surface area contributed by atoms with Gasteiger partial charge in [-0.15, -0.1) is 0 Å². The molecule has 220 valence electrons. The maximum Gasteiger partial charge on any atom is 0.414 e. The largest absolute Gasteiger partial charge is 0.490 e. The molecule has 4 heterocycles. The molecular weight excluding hydrogens is 556 g/mol. The summed E-state index contributed by atoms with van der Waals surface area (Å²) in [5, 5.41) is 11.9. The number of aromatic nitrogens is 2. The molecule has 2 aliphatic heterocycles. The first-order valence-corrected chi connectivity index (χ1v) is 13.5. The molecule has 0 unspecified atom stereocenters. The van der Waals surface area contributed by atoms with Crippen LogP contribution in [0.25, 0.3) is 11.0 Å². The second-order valence-electron chi connectivity index (χ2n) is 10.7. The number of fused-ring (bicyclic) bond motifs is 1. The first-order chi connectivity index (χ1) is 20.1. The van der Waals surface area contributed by atoms with Crippen LogP contribution in [0.3, 0.4) is 0 Å². The maximum absolute atomic E-state index is 15.0. The van der Waals surface area contributed by atoms with Gasteiger partial charge in [0.2, 0.25) is 11.3 Å². The van der Waals surface area contributed by atoms with E-state index in [0.717, 1.165) is 18.9 Å². The zero-order valence-electron chi connectivity index (χ0n) is 22.5. The van der Waals surface area contributed by atoms with Crippen molar-refractivity contribution in [2.45, 2.75) is 31.9 Å². The predicted octanol–water partition coefficient (Wildman–Crippen LogP) is 2.68. The lowest BCUT2D eigenvalue weighted by atomic mass is 10.0. The molecule has 0 spiro atoms. The molecule has 2 amide bonds. The summed E-state index contributed by atoms with van der Waals surface area (Å²) in [5.74, 6) is -3.01. The number of amides is 2. The fraction of sp³-hybridized carbons (Fsp3) is 0.393.